The van der Waals surface area contributed by atoms with Gasteiger partial charge in [-0.3, -0.25) is 4.79 Å². The van der Waals surface area contributed by atoms with Gasteiger partial charge in [0, 0.05) is 0 Å². The van der Waals surface area contributed by atoms with E-state index in [1.165, 1.54) is 6.92 Å². The number of ketones is 1. The van der Waals surface area contributed by atoms with Gasteiger partial charge in [-0.25, -0.2) is 27.6 Å². The molecular weight excluding hydrogens is 435 g/mol. The van der Waals surface area contributed by atoms with Crippen molar-refractivity contribution in [1.29, 1.82) is 0 Å². The Morgan fingerprint density at radius 2 is 1.83 bits per heavy atom. The molecular formula is C20H14ClFN2O5S. The number of rotatable bonds is 6. The maximum absolute atomic E-state index is 13.4. The van der Waals surface area contributed by atoms with Crippen LogP contribution < -0.4 is 4.74 Å². The Kier molecular flexibility index (Phi) is 6.23. The predicted molar refractivity (Wildman–Crippen MR) is 106 cm³/mol. The van der Waals surface area contributed by atoms with Gasteiger partial charge in [-0.1, -0.05) is 41.9 Å². The summed E-state index contributed by atoms with van der Waals surface area (Å²) in [7, 11) is -3.98. The van der Waals surface area contributed by atoms with Crippen LogP contribution in [0.5, 0.6) is 5.75 Å². The van der Waals surface area contributed by atoms with E-state index in [0.717, 1.165) is 24.4 Å². The molecule has 0 saturated heterocycles. The molecule has 0 unspecified atom stereocenters. The third-order valence-electron chi connectivity index (χ3n) is 3.92. The zero-order valence-electron chi connectivity index (χ0n) is 15.5. The van der Waals surface area contributed by atoms with Gasteiger partial charge in [-0.2, -0.15) is 0 Å². The quantitative estimate of drug-likeness (QED) is 0.245. The number of ether oxygens (including phenoxy) is 1. The molecule has 2 aromatic carbocycles. The molecule has 0 radical (unpaired) electrons. The summed E-state index contributed by atoms with van der Waals surface area (Å²) in [6.07, 6.45) is 0.972. The molecule has 154 valence electrons. The van der Waals surface area contributed by atoms with E-state index in [9.17, 15) is 22.4 Å². The van der Waals surface area contributed by atoms with Crippen LogP contribution in [0.25, 0.3) is 0 Å². The zero-order chi connectivity index (χ0) is 21.9. The first kappa shape index (κ1) is 21.5. The molecule has 10 heteroatoms. The van der Waals surface area contributed by atoms with E-state index in [1.807, 2.05) is 0 Å². The smallest absolute Gasteiger partial charge is 0.364 e. The molecule has 7 nitrogen and oxygen atoms in total. The molecule has 1 heterocycles. The molecule has 3 rings (SSSR count). The summed E-state index contributed by atoms with van der Waals surface area (Å²) in [6, 6.07) is 11.4. The Hall–Kier alpha value is -3.17. The largest absolute Gasteiger partial charge is 0.421 e. The lowest BCUT2D eigenvalue weighted by Crippen LogP contribution is -2.17. The second-order valence-electron chi connectivity index (χ2n) is 6.18. The fraction of sp³-hybridized carbons (Fsp3) is 0.100. The number of halogens is 2. The minimum Gasteiger partial charge on any atom is -0.421 e. The van der Waals surface area contributed by atoms with Crippen molar-refractivity contribution in [2.45, 2.75) is 17.8 Å². The lowest BCUT2D eigenvalue weighted by molar-refractivity contribution is 0.0725. The second-order valence-corrected chi connectivity index (χ2v) is 8.47. The number of aromatic nitrogens is 2. The van der Waals surface area contributed by atoms with Crippen molar-refractivity contribution < 1.29 is 27.1 Å². The molecule has 0 fully saturated rings. The number of hydrogen-bond acceptors (Lipinski definition) is 7. The minimum absolute atomic E-state index is 0.162. The third-order valence-corrected chi connectivity index (χ3v) is 5.66. The number of Topliss-reactive ketones (excluding diaryl/α,β-unsaturated/α-hetero) is 1. The van der Waals surface area contributed by atoms with Crippen LogP contribution in [0.15, 0.2) is 59.9 Å². The van der Waals surface area contributed by atoms with Gasteiger partial charge >= 0.3 is 5.97 Å². The van der Waals surface area contributed by atoms with Gasteiger partial charge in [0.2, 0.25) is 15.0 Å². The number of sulfone groups is 1. The topological polar surface area (TPSA) is 103 Å². The van der Waals surface area contributed by atoms with Crippen LogP contribution in [-0.2, 0) is 15.6 Å². The summed E-state index contributed by atoms with van der Waals surface area (Å²) >= 11 is 5.95. The molecule has 0 saturated carbocycles. The normalized spacial score (nSPS) is 11.2. The van der Waals surface area contributed by atoms with Gasteiger partial charge in [0.05, 0.1) is 22.5 Å². The molecule has 0 aliphatic carbocycles. The van der Waals surface area contributed by atoms with Crippen LogP contribution in [0.1, 0.15) is 33.3 Å². The summed E-state index contributed by atoms with van der Waals surface area (Å²) in [4.78, 5) is 31.7. The fourth-order valence-electron chi connectivity index (χ4n) is 2.52. The molecule has 1 aromatic heterocycles. The maximum Gasteiger partial charge on any atom is 0.364 e. The SMILES string of the molecule is CC(=O)c1cc(F)ccc1OC(=O)c1nc(S(=O)(=O)Cc2ccccc2)ncc1Cl. The van der Waals surface area contributed by atoms with Crippen molar-refractivity contribution in [1.82, 2.24) is 9.97 Å². The van der Waals surface area contributed by atoms with Crippen LogP contribution in [0.2, 0.25) is 5.02 Å². The minimum atomic E-state index is -3.98. The van der Waals surface area contributed by atoms with Gasteiger partial charge < -0.3 is 4.74 Å². The van der Waals surface area contributed by atoms with Crippen molar-refractivity contribution in [2.24, 2.45) is 0 Å². The van der Waals surface area contributed by atoms with Crippen LogP contribution in [0.4, 0.5) is 4.39 Å². The predicted octanol–water partition coefficient (Wildman–Crippen LogP) is 3.66. The monoisotopic (exact) mass is 448 g/mol. The number of carbonyl (C=O) groups excluding carboxylic acids is 2. The van der Waals surface area contributed by atoms with E-state index < -0.39 is 38.3 Å². The van der Waals surface area contributed by atoms with Crippen molar-refractivity contribution in [3.63, 3.8) is 0 Å². The number of esters is 1. The number of carbonyl (C=O) groups is 2. The molecule has 0 bridgehead atoms. The van der Waals surface area contributed by atoms with Crippen LogP contribution >= 0.6 is 11.6 Å². The molecule has 0 amide bonds. The maximum atomic E-state index is 13.4. The first-order valence-corrected chi connectivity index (χ1v) is 10.5. The summed E-state index contributed by atoms with van der Waals surface area (Å²) < 4.78 is 43.8. The van der Waals surface area contributed by atoms with Crippen molar-refractivity contribution >= 4 is 33.2 Å². The van der Waals surface area contributed by atoms with Crippen LogP contribution in [0.3, 0.4) is 0 Å². The van der Waals surface area contributed by atoms with E-state index in [-0.39, 0.29) is 22.1 Å². The van der Waals surface area contributed by atoms with Crippen molar-refractivity contribution in [2.75, 3.05) is 0 Å². The van der Waals surface area contributed by atoms with E-state index in [1.54, 1.807) is 30.3 Å². The highest BCUT2D eigenvalue weighted by molar-refractivity contribution is 7.90. The summed E-state index contributed by atoms with van der Waals surface area (Å²) in [5.74, 6) is -2.92. The molecule has 0 spiro atoms. The van der Waals surface area contributed by atoms with Gasteiger partial charge in [-0.15, -0.1) is 0 Å². The lowest BCUT2D eigenvalue weighted by atomic mass is 10.1. The highest BCUT2D eigenvalue weighted by Gasteiger charge is 2.25. The number of benzene rings is 2. The van der Waals surface area contributed by atoms with Crippen molar-refractivity contribution in [3.05, 3.63) is 82.4 Å². The molecule has 0 aliphatic rings. The first-order valence-electron chi connectivity index (χ1n) is 8.49. The van der Waals surface area contributed by atoms with Gasteiger partial charge in [0.1, 0.15) is 11.6 Å². The van der Waals surface area contributed by atoms with Gasteiger partial charge in [-0.05, 0) is 30.7 Å². The van der Waals surface area contributed by atoms with Crippen LogP contribution in [-0.4, -0.2) is 30.1 Å². The highest BCUT2D eigenvalue weighted by atomic mass is 35.5. The van der Waals surface area contributed by atoms with Gasteiger partial charge in [0.15, 0.2) is 11.5 Å². The average molecular weight is 449 g/mol. The second kappa shape index (κ2) is 8.68. The highest BCUT2D eigenvalue weighted by Crippen LogP contribution is 2.24. The van der Waals surface area contributed by atoms with E-state index in [0.29, 0.717) is 5.56 Å². The Bertz CT molecular complexity index is 1230. The number of nitrogens with zero attached hydrogens (tertiary/aromatic N) is 2. The van der Waals surface area contributed by atoms with Gasteiger partial charge in [0.25, 0.3) is 0 Å². The third kappa shape index (κ3) is 4.87. The zero-order valence-corrected chi connectivity index (χ0v) is 17.1. The fourth-order valence-corrected chi connectivity index (χ4v) is 3.89. The molecule has 0 atom stereocenters. The average Bonchev–Trinajstić information content (AvgIpc) is 2.69. The summed E-state index contributed by atoms with van der Waals surface area (Å²) in [6.45, 7) is 1.18. The Labute approximate surface area is 176 Å². The number of hydrogen-bond donors (Lipinski definition) is 0. The van der Waals surface area contributed by atoms with Crippen molar-refractivity contribution in [3.8, 4) is 5.75 Å². The summed E-state index contributed by atoms with van der Waals surface area (Å²) in [5, 5.41) is -0.848. The molecule has 3 aromatic rings. The van der Waals surface area contributed by atoms with Crippen LogP contribution in [0, 0.1) is 5.82 Å². The lowest BCUT2D eigenvalue weighted by Gasteiger charge is -2.10. The van der Waals surface area contributed by atoms with E-state index in [4.69, 9.17) is 16.3 Å². The Morgan fingerprint density at radius 3 is 2.50 bits per heavy atom. The summed E-state index contributed by atoms with van der Waals surface area (Å²) in [5.41, 5.74) is -0.153. The molecule has 0 aliphatic heterocycles. The Morgan fingerprint density at radius 1 is 1.13 bits per heavy atom. The molecule has 30 heavy (non-hydrogen) atoms. The van der Waals surface area contributed by atoms with E-state index in [2.05, 4.69) is 9.97 Å². The molecule has 0 N–H and O–H groups in total. The first-order chi connectivity index (χ1) is 14.2. The standard InChI is InChI=1S/C20H14ClFN2O5S/c1-12(25)15-9-14(22)7-8-17(15)29-19(26)18-16(21)10-23-20(24-18)30(27,28)11-13-5-3-2-4-6-13/h2-10H,11H2,1H3. The Balaban J connectivity index is 1.92. The van der Waals surface area contributed by atoms with E-state index >= 15 is 0 Å².